The van der Waals surface area contributed by atoms with Crippen LogP contribution in [0.15, 0.2) is 29.2 Å². The second kappa shape index (κ2) is 4.80. The molecule has 0 bridgehead atoms. The van der Waals surface area contributed by atoms with Gasteiger partial charge in [0.25, 0.3) is 0 Å². The molecule has 0 aliphatic rings. The normalized spacial score (nSPS) is 13.6. The largest absolute Gasteiger partial charge is 0.480 e. The van der Waals surface area contributed by atoms with Crippen molar-refractivity contribution < 1.29 is 22.7 Å². The molecule has 5 nitrogen and oxygen atoms in total. The summed E-state index contributed by atoms with van der Waals surface area (Å²) >= 11 is 0. The van der Waals surface area contributed by atoms with Crippen molar-refractivity contribution in [2.75, 3.05) is 7.05 Å². The van der Waals surface area contributed by atoms with E-state index < -0.39 is 27.9 Å². The van der Waals surface area contributed by atoms with E-state index in [0.717, 1.165) is 19.2 Å². The first kappa shape index (κ1) is 13.6. The van der Waals surface area contributed by atoms with E-state index in [0.29, 0.717) is 4.31 Å². The van der Waals surface area contributed by atoms with E-state index in [1.165, 1.54) is 19.1 Å². The van der Waals surface area contributed by atoms with Gasteiger partial charge in [-0.15, -0.1) is 0 Å². The van der Waals surface area contributed by atoms with Gasteiger partial charge in [0.1, 0.15) is 11.9 Å². The minimum atomic E-state index is -3.99. The topological polar surface area (TPSA) is 74.7 Å². The number of carboxylic acid groups (broad SMARTS) is 1. The molecule has 0 aromatic heterocycles. The number of benzene rings is 1. The molecule has 0 saturated carbocycles. The Morgan fingerprint density at radius 1 is 1.47 bits per heavy atom. The number of likely N-dealkylation sites (N-methyl/N-ethyl adjacent to an activating group) is 1. The van der Waals surface area contributed by atoms with Crippen molar-refractivity contribution in [3.8, 4) is 0 Å². The molecule has 0 aliphatic heterocycles. The zero-order valence-corrected chi connectivity index (χ0v) is 10.1. The number of rotatable bonds is 4. The summed E-state index contributed by atoms with van der Waals surface area (Å²) in [7, 11) is -2.86. The molecule has 1 aromatic rings. The Balaban J connectivity index is 3.16. The molecule has 0 heterocycles. The Morgan fingerprint density at radius 3 is 2.53 bits per heavy atom. The summed E-state index contributed by atoms with van der Waals surface area (Å²) in [5.74, 6) is -1.96. The summed E-state index contributed by atoms with van der Waals surface area (Å²) in [4.78, 5) is 10.4. The molecule has 0 aliphatic carbocycles. The molecule has 1 N–H and O–H groups in total. The minimum Gasteiger partial charge on any atom is -0.480 e. The monoisotopic (exact) mass is 261 g/mol. The summed E-state index contributed by atoms with van der Waals surface area (Å²) in [5, 5.41) is 8.74. The average Bonchev–Trinajstić information content (AvgIpc) is 2.26. The number of hydrogen-bond acceptors (Lipinski definition) is 3. The fraction of sp³-hybridized carbons (Fsp3) is 0.300. The number of halogens is 1. The smallest absolute Gasteiger partial charge is 0.321 e. The van der Waals surface area contributed by atoms with Gasteiger partial charge in [0.15, 0.2) is 0 Å². The molecule has 0 spiro atoms. The first-order valence-electron chi connectivity index (χ1n) is 4.73. The molecule has 1 atom stereocenters. The summed E-state index contributed by atoms with van der Waals surface area (Å²) in [5.41, 5.74) is 0. The van der Waals surface area contributed by atoms with Crippen LogP contribution in [0.4, 0.5) is 4.39 Å². The van der Waals surface area contributed by atoms with E-state index in [2.05, 4.69) is 0 Å². The van der Waals surface area contributed by atoms with Gasteiger partial charge >= 0.3 is 5.97 Å². The fourth-order valence-electron chi connectivity index (χ4n) is 1.16. The molecule has 0 radical (unpaired) electrons. The lowest BCUT2D eigenvalue weighted by molar-refractivity contribution is -0.140. The maximum absolute atomic E-state index is 12.9. The lowest BCUT2D eigenvalue weighted by atomic mass is 10.3. The second-order valence-electron chi connectivity index (χ2n) is 3.49. The van der Waals surface area contributed by atoms with Crippen LogP contribution in [0.2, 0.25) is 0 Å². The maximum Gasteiger partial charge on any atom is 0.321 e. The Labute approximate surface area is 98.5 Å². The molecule has 0 amide bonds. The summed E-state index contributed by atoms with van der Waals surface area (Å²) in [6.07, 6.45) is 0. The Hall–Kier alpha value is -1.47. The van der Waals surface area contributed by atoms with Crippen LogP contribution in [0, 0.1) is 5.82 Å². The predicted octanol–water partition coefficient (Wildman–Crippen LogP) is 0.919. The van der Waals surface area contributed by atoms with Crippen LogP contribution in [-0.2, 0) is 14.8 Å². The summed E-state index contributed by atoms with van der Waals surface area (Å²) < 4.78 is 37.5. The second-order valence-corrected chi connectivity index (χ2v) is 5.49. The summed E-state index contributed by atoms with van der Waals surface area (Å²) in [6.45, 7) is 1.24. The van der Waals surface area contributed by atoms with Crippen molar-refractivity contribution in [3.05, 3.63) is 30.1 Å². The third-order valence-electron chi connectivity index (χ3n) is 2.38. The van der Waals surface area contributed by atoms with Crippen molar-refractivity contribution in [3.63, 3.8) is 0 Å². The average molecular weight is 261 g/mol. The van der Waals surface area contributed by atoms with Gasteiger partial charge in [0.05, 0.1) is 4.90 Å². The van der Waals surface area contributed by atoms with Crippen molar-refractivity contribution in [2.24, 2.45) is 0 Å². The van der Waals surface area contributed by atoms with Crippen molar-refractivity contribution in [2.45, 2.75) is 17.9 Å². The fourth-order valence-corrected chi connectivity index (χ4v) is 2.51. The maximum atomic E-state index is 12.9. The van der Waals surface area contributed by atoms with Crippen LogP contribution in [0.1, 0.15) is 6.92 Å². The lowest BCUT2D eigenvalue weighted by Crippen LogP contribution is -2.40. The van der Waals surface area contributed by atoms with Gasteiger partial charge in [-0.2, -0.15) is 4.31 Å². The van der Waals surface area contributed by atoms with E-state index in [9.17, 15) is 17.6 Å². The number of carboxylic acids is 1. The van der Waals surface area contributed by atoms with Crippen LogP contribution < -0.4 is 0 Å². The number of sulfonamides is 1. The zero-order chi connectivity index (χ0) is 13.2. The van der Waals surface area contributed by atoms with Crippen LogP contribution in [0.5, 0.6) is 0 Å². The van der Waals surface area contributed by atoms with Crippen molar-refractivity contribution in [1.29, 1.82) is 0 Å². The van der Waals surface area contributed by atoms with E-state index >= 15 is 0 Å². The standard InChI is InChI=1S/C10H12FNO4S/c1-7(10(13)14)12(2)17(15,16)9-5-3-4-8(11)6-9/h3-7H,1-2H3,(H,13,14). The van der Waals surface area contributed by atoms with Gasteiger partial charge in [0.2, 0.25) is 10.0 Å². The van der Waals surface area contributed by atoms with E-state index in [-0.39, 0.29) is 4.90 Å². The third-order valence-corrected chi connectivity index (χ3v) is 4.30. The molecule has 1 aromatic carbocycles. The molecule has 7 heteroatoms. The highest BCUT2D eigenvalue weighted by Gasteiger charge is 2.29. The van der Waals surface area contributed by atoms with Crippen LogP contribution in [-0.4, -0.2) is 36.9 Å². The first-order chi connectivity index (χ1) is 7.76. The highest BCUT2D eigenvalue weighted by Crippen LogP contribution is 2.17. The lowest BCUT2D eigenvalue weighted by Gasteiger charge is -2.20. The number of hydrogen-bond donors (Lipinski definition) is 1. The van der Waals surface area contributed by atoms with E-state index in [1.54, 1.807) is 0 Å². The first-order valence-corrected chi connectivity index (χ1v) is 6.17. The van der Waals surface area contributed by atoms with Crippen molar-refractivity contribution in [1.82, 2.24) is 4.31 Å². The zero-order valence-electron chi connectivity index (χ0n) is 9.29. The van der Waals surface area contributed by atoms with Crippen LogP contribution in [0.25, 0.3) is 0 Å². The quantitative estimate of drug-likeness (QED) is 0.874. The number of aliphatic carboxylic acids is 1. The Bertz CT molecular complexity index is 529. The van der Waals surface area contributed by atoms with Crippen LogP contribution in [0.3, 0.4) is 0 Å². The molecule has 0 fully saturated rings. The number of nitrogens with zero attached hydrogens (tertiary/aromatic N) is 1. The SMILES string of the molecule is CC(C(=O)O)N(C)S(=O)(=O)c1cccc(F)c1. The molecule has 17 heavy (non-hydrogen) atoms. The van der Waals surface area contributed by atoms with Gasteiger partial charge < -0.3 is 5.11 Å². The van der Waals surface area contributed by atoms with Gasteiger partial charge in [-0.1, -0.05) is 6.07 Å². The Kier molecular flexibility index (Phi) is 3.84. The third kappa shape index (κ3) is 2.80. The molecule has 1 unspecified atom stereocenters. The van der Waals surface area contributed by atoms with Gasteiger partial charge in [0, 0.05) is 7.05 Å². The van der Waals surface area contributed by atoms with Crippen LogP contribution >= 0.6 is 0 Å². The van der Waals surface area contributed by atoms with E-state index in [1.807, 2.05) is 0 Å². The molecule has 94 valence electrons. The number of carbonyl (C=O) groups is 1. The van der Waals surface area contributed by atoms with Gasteiger partial charge in [-0.25, -0.2) is 12.8 Å². The minimum absolute atomic E-state index is 0.270. The Morgan fingerprint density at radius 2 is 2.06 bits per heavy atom. The van der Waals surface area contributed by atoms with Gasteiger partial charge in [-0.05, 0) is 25.1 Å². The summed E-state index contributed by atoms with van der Waals surface area (Å²) in [6, 6.07) is 3.20. The molecule has 1 rings (SSSR count). The van der Waals surface area contributed by atoms with Gasteiger partial charge in [-0.3, -0.25) is 4.79 Å². The predicted molar refractivity (Wildman–Crippen MR) is 58.4 cm³/mol. The highest BCUT2D eigenvalue weighted by atomic mass is 32.2. The highest BCUT2D eigenvalue weighted by molar-refractivity contribution is 7.89. The molecular weight excluding hydrogens is 249 g/mol. The van der Waals surface area contributed by atoms with E-state index in [4.69, 9.17) is 5.11 Å². The molecule has 0 saturated heterocycles. The molecular formula is C10H12FNO4S. The van der Waals surface area contributed by atoms with Crippen molar-refractivity contribution >= 4 is 16.0 Å².